The van der Waals surface area contributed by atoms with Crippen LogP contribution >= 0.6 is 0 Å². The fraction of sp³-hybridized carbons (Fsp3) is 1.00. The first-order valence-corrected chi connectivity index (χ1v) is 6.16. The maximum absolute atomic E-state index is 5.86. The zero-order valence-electron chi connectivity index (χ0n) is 10.00. The predicted octanol–water partition coefficient (Wildman–Crippen LogP) is 2.38. The Hall–Kier alpha value is -0.0800. The van der Waals surface area contributed by atoms with Crippen molar-refractivity contribution in [3.05, 3.63) is 0 Å². The average molecular weight is 198 g/mol. The molecule has 0 aliphatic heterocycles. The van der Waals surface area contributed by atoms with Crippen LogP contribution in [0.4, 0.5) is 0 Å². The molecule has 0 radical (unpaired) electrons. The zero-order chi connectivity index (χ0) is 10.6. The van der Waals surface area contributed by atoms with Crippen LogP contribution in [0, 0.1) is 0 Å². The lowest BCUT2D eigenvalue weighted by Gasteiger charge is -2.34. The van der Waals surface area contributed by atoms with Crippen LogP contribution in [0.5, 0.6) is 0 Å². The van der Waals surface area contributed by atoms with E-state index in [2.05, 4.69) is 25.7 Å². The van der Waals surface area contributed by atoms with Crippen LogP contribution in [-0.2, 0) is 0 Å². The van der Waals surface area contributed by atoms with Gasteiger partial charge in [-0.25, -0.2) is 0 Å². The fourth-order valence-electron chi connectivity index (χ4n) is 2.84. The quantitative estimate of drug-likeness (QED) is 0.735. The molecule has 2 atom stereocenters. The highest BCUT2D eigenvalue weighted by atomic mass is 15.2. The first kappa shape index (κ1) is 12.0. The Morgan fingerprint density at radius 1 is 1.29 bits per heavy atom. The van der Waals surface area contributed by atoms with Crippen LogP contribution in [0.1, 0.15) is 52.9 Å². The Morgan fingerprint density at radius 2 is 1.86 bits per heavy atom. The number of rotatable bonds is 5. The second-order valence-electron chi connectivity index (χ2n) is 4.83. The van der Waals surface area contributed by atoms with Crippen molar-refractivity contribution in [1.82, 2.24) is 4.90 Å². The predicted molar refractivity (Wildman–Crippen MR) is 62.4 cm³/mol. The first-order chi connectivity index (χ1) is 6.65. The molecule has 2 unspecified atom stereocenters. The Labute approximate surface area is 88.8 Å². The lowest BCUT2D eigenvalue weighted by molar-refractivity contribution is 0.142. The van der Waals surface area contributed by atoms with Gasteiger partial charge >= 0.3 is 0 Å². The molecular formula is C12H26N2. The van der Waals surface area contributed by atoms with Crippen LogP contribution in [0.15, 0.2) is 0 Å². The number of nitrogens with two attached hydrogens (primary N) is 1. The molecule has 1 aliphatic carbocycles. The number of hydrogen-bond acceptors (Lipinski definition) is 2. The standard InChI is InChI=1S/C12H26N2/c1-4-14(11(3)9-10(2)13)12-7-5-6-8-12/h10-12H,4-9,13H2,1-3H3. The van der Waals surface area contributed by atoms with Crippen LogP contribution in [-0.4, -0.2) is 29.6 Å². The summed E-state index contributed by atoms with van der Waals surface area (Å²) in [6.45, 7) is 7.89. The van der Waals surface area contributed by atoms with Gasteiger partial charge in [-0.1, -0.05) is 19.8 Å². The normalized spacial score (nSPS) is 22.9. The summed E-state index contributed by atoms with van der Waals surface area (Å²) in [5, 5.41) is 0. The third kappa shape index (κ3) is 3.25. The fourth-order valence-corrected chi connectivity index (χ4v) is 2.84. The van der Waals surface area contributed by atoms with E-state index in [9.17, 15) is 0 Å². The molecule has 0 spiro atoms. The molecule has 2 N–H and O–H groups in total. The molecule has 0 aromatic rings. The van der Waals surface area contributed by atoms with Gasteiger partial charge < -0.3 is 5.73 Å². The first-order valence-electron chi connectivity index (χ1n) is 6.16. The van der Waals surface area contributed by atoms with Gasteiger partial charge in [0.05, 0.1) is 0 Å². The van der Waals surface area contributed by atoms with Gasteiger partial charge in [0.2, 0.25) is 0 Å². The Kier molecular flexibility index (Phi) is 4.90. The van der Waals surface area contributed by atoms with Crippen molar-refractivity contribution < 1.29 is 0 Å². The van der Waals surface area contributed by atoms with Crippen molar-refractivity contribution in [1.29, 1.82) is 0 Å². The Bertz CT molecular complexity index is 150. The van der Waals surface area contributed by atoms with Gasteiger partial charge in [0, 0.05) is 18.1 Å². The van der Waals surface area contributed by atoms with Crippen molar-refractivity contribution in [3.63, 3.8) is 0 Å². The molecule has 0 bridgehead atoms. The van der Waals surface area contributed by atoms with Crippen molar-refractivity contribution in [3.8, 4) is 0 Å². The highest BCUT2D eigenvalue weighted by Gasteiger charge is 2.25. The molecule has 0 heterocycles. The summed E-state index contributed by atoms with van der Waals surface area (Å²) >= 11 is 0. The van der Waals surface area contributed by atoms with Crippen LogP contribution < -0.4 is 5.73 Å². The molecule has 1 rings (SSSR count). The maximum Gasteiger partial charge on any atom is 0.00979 e. The van der Waals surface area contributed by atoms with Gasteiger partial charge in [-0.2, -0.15) is 0 Å². The molecule has 0 aromatic carbocycles. The Balaban J connectivity index is 2.42. The molecule has 1 saturated carbocycles. The molecule has 2 nitrogen and oxygen atoms in total. The molecule has 0 aromatic heterocycles. The van der Waals surface area contributed by atoms with Crippen LogP contribution in [0.25, 0.3) is 0 Å². The van der Waals surface area contributed by atoms with E-state index in [-0.39, 0.29) is 0 Å². The molecule has 84 valence electrons. The highest BCUT2D eigenvalue weighted by Crippen LogP contribution is 2.25. The summed E-state index contributed by atoms with van der Waals surface area (Å²) in [5.74, 6) is 0. The molecule has 0 amide bonds. The number of nitrogens with zero attached hydrogens (tertiary/aromatic N) is 1. The second kappa shape index (κ2) is 5.72. The minimum Gasteiger partial charge on any atom is -0.328 e. The zero-order valence-corrected chi connectivity index (χ0v) is 10.00. The molecule has 0 saturated heterocycles. The van der Waals surface area contributed by atoms with Gasteiger partial charge in [-0.05, 0) is 39.7 Å². The molecule has 2 heteroatoms. The number of hydrogen-bond donors (Lipinski definition) is 1. The van der Waals surface area contributed by atoms with Crippen LogP contribution in [0.3, 0.4) is 0 Å². The van der Waals surface area contributed by atoms with Crippen molar-refractivity contribution in [2.45, 2.75) is 71.0 Å². The third-order valence-corrected chi connectivity index (χ3v) is 3.44. The van der Waals surface area contributed by atoms with Gasteiger partial charge in [0.15, 0.2) is 0 Å². The summed E-state index contributed by atoms with van der Waals surface area (Å²) in [4.78, 5) is 2.65. The minimum absolute atomic E-state index is 0.334. The SMILES string of the molecule is CCN(C(C)CC(C)N)C1CCCC1. The third-order valence-electron chi connectivity index (χ3n) is 3.44. The maximum atomic E-state index is 5.86. The smallest absolute Gasteiger partial charge is 0.00979 e. The molecule has 1 fully saturated rings. The van der Waals surface area contributed by atoms with E-state index in [1.165, 1.54) is 32.2 Å². The van der Waals surface area contributed by atoms with E-state index in [1.807, 2.05) is 0 Å². The van der Waals surface area contributed by atoms with E-state index >= 15 is 0 Å². The van der Waals surface area contributed by atoms with Gasteiger partial charge in [0.25, 0.3) is 0 Å². The topological polar surface area (TPSA) is 29.3 Å². The highest BCUT2D eigenvalue weighted by molar-refractivity contribution is 4.81. The second-order valence-corrected chi connectivity index (χ2v) is 4.83. The summed E-state index contributed by atoms with van der Waals surface area (Å²) in [7, 11) is 0. The molecule has 14 heavy (non-hydrogen) atoms. The summed E-state index contributed by atoms with van der Waals surface area (Å²) in [5.41, 5.74) is 5.86. The van der Waals surface area contributed by atoms with Gasteiger partial charge in [0.1, 0.15) is 0 Å². The van der Waals surface area contributed by atoms with Crippen molar-refractivity contribution >= 4 is 0 Å². The summed E-state index contributed by atoms with van der Waals surface area (Å²) < 4.78 is 0. The minimum atomic E-state index is 0.334. The van der Waals surface area contributed by atoms with Crippen molar-refractivity contribution in [2.75, 3.05) is 6.54 Å². The van der Waals surface area contributed by atoms with E-state index in [4.69, 9.17) is 5.73 Å². The lowest BCUT2D eigenvalue weighted by atomic mass is 10.1. The van der Waals surface area contributed by atoms with Gasteiger partial charge in [-0.15, -0.1) is 0 Å². The summed E-state index contributed by atoms with van der Waals surface area (Å²) in [6.07, 6.45) is 6.77. The van der Waals surface area contributed by atoms with E-state index in [0.717, 1.165) is 12.5 Å². The Morgan fingerprint density at radius 3 is 2.29 bits per heavy atom. The molecular weight excluding hydrogens is 172 g/mol. The van der Waals surface area contributed by atoms with Crippen LogP contribution in [0.2, 0.25) is 0 Å². The summed E-state index contributed by atoms with van der Waals surface area (Å²) in [6, 6.07) is 1.83. The van der Waals surface area contributed by atoms with E-state index < -0.39 is 0 Å². The largest absolute Gasteiger partial charge is 0.328 e. The van der Waals surface area contributed by atoms with Crippen molar-refractivity contribution in [2.24, 2.45) is 5.73 Å². The average Bonchev–Trinajstić information content (AvgIpc) is 2.57. The molecule has 1 aliphatic rings. The monoisotopic (exact) mass is 198 g/mol. The van der Waals surface area contributed by atoms with Gasteiger partial charge in [-0.3, -0.25) is 4.90 Å². The van der Waals surface area contributed by atoms with E-state index in [0.29, 0.717) is 12.1 Å². The lowest BCUT2D eigenvalue weighted by Crippen LogP contribution is -2.42. The van der Waals surface area contributed by atoms with E-state index in [1.54, 1.807) is 0 Å².